The first-order chi connectivity index (χ1) is 8.94. The van der Waals surface area contributed by atoms with Crippen molar-refractivity contribution in [1.82, 2.24) is 0 Å². The van der Waals surface area contributed by atoms with Gasteiger partial charge in [-0.25, -0.2) is 0 Å². The van der Waals surface area contributed by atoms with E-state index in [1.165, 1.54) is 22.4 Å². The Kier molecular flexibility index (Phi) is 2.90. The van der Waals surface area contributed by atoms with Crippen molar-refractivity contribution in [1.29, 1.82) is 0 Å². The molecule has 0 fully saturated rings. The van der Waals surface area contributed by atoms with Gasteiger partial charge in [0.05, 0.1) is 5.69 Å². The third kappa shape index (κ3) is 2.39. The van der Waals surface area contributed by atoms with Crippen LogP contribution in [0.3, 0.4) is 0 Å². The zero-order valence-electron chi connectivity index (χ0n) is 11.8. The van der Waals surface area contributed by atoms with Crippen LogP contribution >= 0.6 is 0 Å². The van der Waals surface area contributed by atoms with E-state index >= 15 is 0 Å². The Morgan fingerprint density at radius 1 is 1.21 bits per heavy atom. The molecule has 0 radical (unpaired) electrons. The quantitative estimate of drug-likeness (QED) is 0.903. The average Bonchev–Trinajstić information content (AvgIpc) is 2.76. The van der Waals surface area contributed by atoms with E-state index in [2.05, 4.69) is 26.0 Å². The molecule has 1 aromatic carbocycles. The van der Waals surface area contributed by atoms with E-state index in [4.69, 9.17) is 5.73 Å². The van der Waals surface area contributed by atoms with Gasteiger partial charge in [0.15, 0.2) is 0 Å². The smallest absolute Gasteiger partial charge is 0.227 e. The number of nitrogens with zero attached hydrogens (tertiary/aromatic N) is 1. The molecular formula is C16H22N2O. The van der Waals surface area contributed by atoms with Gasteiger partial charge in [-0.2, -0.15) is 0 Å². The standard InChI is InChI=1S/C16H22N2O/c1-16(2,17)7-5-11-9-12-3-4-14(19)18-8-6-13(10-11)15(12)18/h9-10H,3-8,17H2,1-2H3. The summed E-state index contributed by atoms with van der Waals surface area (Å²) in [4.78, 5) is 13.8. The number of hydrogen-bond donors (Lipinski definition) is 1. The highest BCUT2D eigenvalue weighted by molar-refractivity contribution is 5.98. The van der Waals surface area contributed by atoms with Gasteiger partial charge in [0.25, 0.3) is 0 Å². The van der Waals surface area contributed by atoms with Crippen LogP contribution in [0, 0.1) is 0 Å². The zero-order chi connectivity index (χ0) is 13.6. The van der Waals surface area contributed by atoms with Crippen LogP contribution in [0.1, 0.15) is 43.4 Å². The summed E-state index contributed by atoms with van der Waals surface area (Å²) < 4.78 is 0. The molecular weight excluding hydrogens is 236 g/mol. The minimum absolute atomic E-state index is 0.113. The maximum atomic E-state index is 11.9. The first-order valence-electron chi connectivity index (χ1n) is 7.18. The summed E-state index contributed by atoms with van der Waals surface area (Å²) in [6, 6.07) is 4.57. The minimum atomic E-state index is -0.113. The van der Waals surface area contributed by atoms with Crippen LogP contribution in [0.15, 0.2) is 12.1 Å². The number of rotatable bonds is 3. The van der Waals surface area contributed by atoms with E-state index in [9.17, 15) is 4.79 Å². The molecule has 3 heteroatoms. The molecule has 2 N–H and O–H groups in total. The van der Waals surface area contributed by atoms with Crippen LogP contribution < -0.4 is 10.6 Å². The van der Waals surface area contributed by atoms with Crippen molar-refractivity contribution >= 4 is 11.6 Å². The number of anilines is 1. The van der Waals surface area contributed by atoms with Gasteiger partial charge in [0, 0.05) is 18.5 Å². The lowest BCUT2D eigenvalue weighted by Gasteiger charge is -2.26. The maximum Gasteiger partial charge on any atom is 0.227 e. The lowest BCUT2D eigenvalue weighted by molar-refractivity contribution is -0.118. The van der Waals surface area contributed by atoms with Gasteiger partial charge in [-0.1, -0.05) is 12.1 Å². The van der Waals surface area contributed by atoms with Gasteiger partial charge in [-0.15, -0.1) is 0 Å². The Hall–Kier alpha value is -1.35. The molecule has 1 aromatic rings. The van der Waals surface area contributed by atoms with Crippen LogP contribution in [0.25, 0.3) is 0 Å². The van der Waals surface area contributed by atoms with Gasteiger partial charge in [-0.05, 0) is 56.2 Å². The summed E-state index contributed by atoms with van der Waals surface area (Å²) in [5, 5.41) is 0. The van der Waals surface area contributed by atoms with E-state index in [1.807, 2.05) is 4.90 Å². The molecule has 1 amide bonds. The molecule has 102 valence electrons. The van der Waals surface area contributed by atoms with Gasteiger partial charge in [-0.3, -0.25) is 4.79 Å². The summed E-state index contributed by atoms with van der Waals surface area (Å²) in [5.41, 5.74) is 11.3. The van der Waals surface area contributed by atoms with Crippen LogP contribution in [0.5, 0.6) is 0 Å². The highest BCUT2D eigenvalue weighted by Crippen LogP contribution is 2.37. The summed E-state index contributed by atoms with van der Waals surface area (Å²) in [7, 11) is 0. The normalized spacial score (nSPS) is 17.8. The third-order valence-corrected chi connectivity index (χ3v) is 4.17. The Morgan fingerprint density at radius 2 is 1.89 bits per heavy atom. The fraction of sp³-hybridized carbons (Fsp3) is 0.562. The van der Waals surface area contributed by atoms with Crippen molar-refractivity contribution in [2.75, 3.05) is 11.4 Å². The molecule has 0 bridgehead atoms. The second-order valence-electron chi connectivity index (χ2n) is 6.55. The van der Waals surface area contributed by atoms with Gasteiger partial charge in [0.2, 0.25) is 5.91 Å². The Labute approximate surface area is 114 Å². The molecule has 0 unspecified atom stereocenters. The van der Waals surface area contributed by atoms with E-state index in [1.54, 1.807) is 0 Å². The Morgan fingerprint density at radius 3 is 2.58 bits per heavy atom. The van der Waals surface area contributed by atoms with E-state index < -0.39 is 0 Å². The van der Waals surface area contributed by atoms with Crippen molar-refractivity contribution < 1.29 is 4.79 Å². The molecule has 2 heterocycles. The van der Waals surface area contributed by atoms with Crippen molar-refractivity contribution in [2.45, 2.75) is 51.5 Å². The second-order valence-corrected chi connectivity index (χ2v) is 6.55. The average molecular weight is 258 g/mol. The molecule has 0 saturated heterocycles. The SMILES string of the molecule is CC(C)(N)CCc1cc2c3c(c1)CCN3C(=O)CC2. The topological polar surface area (TPSA) is 46.3 Å². The molecule has 0 aliphatic carbocycles. The van der Waals surface area contributed by atoms with Gasteiger partial charge < -0.3 is 10.6 Å². The lowest BCUT2D eigenvalue weighted by Crippen LogP contribution is -2.33. The molecule has 2 aliphatic rings. The predicted molar refractivity (Wildman–Crippen MR) is 77.4 cm³/mol. The van der Waals surface area contributed by atoms with Crippen molar-refractivity contribution in [3.8, 4) is 0 Å². The monoisotopic (exact) mass is 258 g/mol. The number of carbonyl (C=O) groups is 1. The molecule has 0 saturated carbocycles. The van der Waals surface area contributed by atoms with E-state index in [0.717, 1.165) is 32.2 Å². The second kappa shape index (κ2) is 4.34. The molecule has 3 nitrogen and oxygen atoms in total. The van der Waals surface area contributed by atoms with Crippen LogP contribution in [-0.2, 0) is 24.1 Å². The molecule has 0 atom stereocenters. The molecule has 0 spiro atoms. The number of amides is 1. The zero-order valence-corrected chi connectivity index (χ0v) is 11.8. The molecule has 2 aliphatic heterocycles. The largest absolute Gasteiger partial charge is 0.326 e. The summed E-state index contributed by atoms with van der Waals surface area (Å²) in [5.74, 6) is 0.294. The highest BCUT2D eigenvalue weighted by Gasteiger charge is 2.31. The number of hydrogen-bond acceptors (Lipinski definition) is 2. The molecule has 3 rings (SSSR count). The summed E-state index contributed by atoms with van der Waals surface area (Å²) in [6.07, 6.45) is 4.59. The molecule has 0 aromatic heterocycles. The van der Waals surface area contributed by atoms with Crippen molar-refractivity contribution in [3.63, 3.8) is 0 Å². The number of nitrogens with two attached hydrogens (primary N) is 1. The van der Waals surface area contributed by atoms with Gasteiger partial charge >= 0.3 is 0 Å². The number of carbonyl (C=O) groups excluding carboxylic acids is 1. The van der Waals surface area contributed by atoms with Crippen LogP contribution in [-0.4, -0.2) is 18.0 Å². The fourth-order valence-corrected chi connectivity index (χ4v) is 3.14. The third-order valence-electron chi connectivity index (χ3n) is 4.17. The summed E-state index contributed by atoms with van der Waals surface area (Å²) >= 11 is 0. The summed E-state index contributed by atoms with van der Waals surface area (Å²) in [6.45, 7) is 5.02. The maximum absolute atomic E-state index is 11.9. The van der Waals surface area contributed by atoms with Crippen molar-refractivity contribution in [2.24, 2.45) is 5.73 Å². The number of aryl methyl sites for hydroxylation is 2. The van der Waals surface area contributed by atoms with E-state index in [-0.39, 0.29) is 5.54 Å². The predicted octanol–water partition coefficient (Wildman–Crippen LogP) is 2.19. The highest BCUT2D eigenvalue weighted by atomic mass is 16.2. The Balaban J connectivity index is 1.89. The lowest BCUT2D eigenvalue weighted by atomic mass is 9.92. The first kappa shape index (κ1) is 12.7. The Bertz CT molecular complexity index is 528. The fourth-order valence-electron chi connectivity index (χ4n) is 3.14. The minimum Gasteiger partial charge on any atom is -0.326 e. The first-order valence-corrected chi connectivity index (χ1v) is 7.18. The number of benzene rings is 1. The van der Waals surface area contributed by atoms with Crippen LogP contribution in [0.2, 0.25) is 0 Å². The van der Waals surface area contributed by atoms with Crippen molar-refractivity contribution in [3.05, 3.63) is 28.8 Å². The molecule has 19 heavy (non-hydrogen) atoms. The van der Waals surface area contributed by atoms with Crippen LogP contribution in [0.4, 0.5) is 5.69 Å². The van der Waals surface area contributed by atoms with Gasteiger partial charge in [0.1, 0.15) is 0 Å². The van der Waals surface area contributed by atoms with E-state index in [0.29, 0.717) is 12.3 Å².